The number of carbonyl (C=O) groups excluding carboxylic acids is 1. The number of carboxylic acid groups (broad SMARTS) is 1. The van der Waals surface area contributed by atoms with Crippen LogP contribution in [0.1, 0.15) is 37.6 Å². The van der Waals surface area contributed by atoms with Crippen molar-refractivity contribution in [2.45, 2.75) is 20.0 Å². The van der Waals surface area contributed by atoms with Crippen LogP contribution in [0.15, 0.2) is 40.8 Å². The number of hydrogen-bond donors (Lipinski definition) is 1. The normalized spacial score (nSPS) is 13.3. The third kappa shape index (κ3) is 2.38. The highest BCUT2D eigenvalue weighted by molar-refractivity contribution is 5.99. The number of halogens is 1. The zero-order valence-corrected chi connectivity index (χ0v) is 13.4. The number of furan rings is 1. The Morgan fingerprint density at radius 2 is 1.92 bits per heavy atom. The van der Waals surface area contributed by atoms with E-state index in [1.165, 1.54) is 12.1 Å². The average Bonchev–Trinajstić information content (AvgIpc) is 3.16. The van der Waals surface area contributed by atoms with Gasteiger partial charge in [-0.25, -0.2) is 9.18 Å². The number of carboxylic acids is 1. The molecule has 25 heavy (non-hydrogen) atoms. The maximum Gasteiger partial charge on any atom is 0.335 e. The summed E-state index contributed by atoms with van der Waals surface area (Å²) < 4.78 is 19.4. The Morgan fingerprint density at radius 3 is 2.64 bits per heavy atom. The molecule has 3 aromatic rings. The van der Waals surface area contributed by atoms with Gasteiger partial charge in [0.1, 0.15) is 0 Å². The van der Waals surface area contributed by atoms with E-state index in [2.05, 4.69) is 0 Å². The van der Waals surface area contributed by atoms with Gasteiger partial charge in [-0.15, -0.1) is 0 Å². The second-order valence-electron chi connectivity index (χ2n) is 6.12. The highest BCUT2D eigenvalue weighted by Gasteiger charge is 2.29. The maximum absolute atomic E-state index is 13.9. The van der Waals surface area contributed by atoms with Crippen molar-refractivity contribution in [3.63, 3.8) is 0 Å². The number of carbonyl (C=O) groups is 2. The van der Waals surface area contributed by atoms with Crippen molar-refractivity contribution in [2.24, 2.45) is 0 Å². The van der Waals surface area contributed by atoms with E-state index >= 15 is 0 Å². The molecule has 2 aromatic carbocycles. The number of amides is 1. The molecule has 4 rings (SSSR count). The lowest BCUT2D eigenvalue weighted by atomic mass is 10.1. The van der Waals surface area contributed by atoms with Crippen LogP contribution in [0.3, 0.4) is 0 Å². The largest absolute Gasteiger partial charge is 0.478 e. The smallest absolute Gasteiger partial charge is 0.335 e. The van der Waals surface area contributed by atoms with Gasteiger partial charge in [0.15, 0.2) is 17.2 Å². The van der Waals surface area contributed by atoms with E-state index in [0.717, 1.165) is 11.1 Å². The monoisotopic (exact) mass is 339 g/mol. The van der Waals surface area contributed by atoms with E-state index in [1.807, 2.05) is 0 Å². The highest BCUT2D eigenvalue weighted by atomic mass is 19.1. The van der Waals surface area contributed by atoms with E-state index in [1.54, 1.807) is 36.1 Å². The Bertz CT molecular complexity index is 1040. The SMILES string of the molecule is Cc1c(C(=O)N2Cc3ccc(C(=O)O)cc3C2)oc2c(F)cccc12. The third-order valence-electron chi connectivity index (χ3n) is 4.57. The minimum Gasteiger partial charge on any atom is -0.478 e. The number of nitrogens with zero attached hydrogens (tertiary/aromatic N) is 1. The molecule has 0 aliphatic carbocycles. The van der Waals surface area contributed by atoms with Crippen LogP contribution < -0.4 is 0 Å². The summed E-state index contributed by atoms with van der Waals surface area (Å²) in [6.07, 6.45) is 0. The Labute approximate surface area is 142 Å². The zero-order chi connectivity index (χ0) is 17.7. The first-order valence-corrected chi connectivity index (χ1v) is 7.77. The van der Waals surface area contributed by atoms with Gasteiger partial charge in [-0.2, -0.15) is 0 Å². The number of para-hydroxylation sites is 1. The van der Waals surface area contributed by atoms with Gasteiger partial charge in [0.25, 0.3) is 5.91 Å². The van der Waals surface area contributed by atoms with Gasteiger partial charge < -0.3 is 14.4 Å². The minimum atomic E-state index is -1.00. The molecule has 1 aliphatic heterocycles. The van der Waals surface area contributed by atoms with Gasteiger partial charge in [0.05, 0.1) is 5.56 Å². The lowest BCUT2D eigenvalue weighted by molar-refractivity contribution is 0.0695. The number of aryl methyl sites for hydroxylation is 1. The van der Waals surface area contributed by atoms with E-state index < -0.39 is 11.8 Å². The Balaban J connectivity index is 1.68. The summed E-state index contributed by atoms with van der Waals surface area (Å²) in [5.74, 6) is -1.72. The minimum absolute atomic E-state index is 0.0771. The van der Waals surface area contributed by atoms with Gasteiger partial charge in [-0.1, -0.05) is 18.2 Å². The van der Waals surface area contributed by atoms with Crippen molar-refractivity contribution in [1.82, 2.24) is 4.90 Å². The van der Waals surface area contributed by atoms with Crippen LogP contribution in [0, 0.1) is 12.7 Å². The molecule has 0 atom stereocenters. The fourth-order valence-electron chi connectivity index (χ4n) is 3.23. The van der Waals surface area contributed by atoms with E-state index in [0.29, 0.717) is 24.0 Å². The van der Waals surface area contributed by atoms with Crippen LogP contribution in [0.5, 0.6) is 0 Å². The van der Waals surface area contributed by atoms with Crippen LogP contribution in [-0.2, 0) is 13.1 Å². The molecular formula is C19H14FNO4. The van der Waals surface area contributed by atoms with Crippen molar-refractivity contribution in [1.29, 1.82) is 0 Å². The predicted molar refractivity (Wildman–Crippen MR) is 87.9 cm³/mol. The van der Waals surface area contributed by atoms with Gasteiger partial charge in [-0.05, 0) is 36.2 Å². The lowest BCUT2D eigenvalue weighted by Gasteiger charge is -2.13. The Hall–Kier alpha value is -3.15. The molecule has 1 aliphatic rings. The topological polar surface area (TPSA) is 70.8 Å². The maximum atomic E-state index is 13.9. The number of aromatic carboxylic acids is 1. The summed E-state index contributed by atoms with van der Waals surface area (Å²) in [7, 11) is 0. The second-order valence-corrected chi connectivity index (χ2v) is 6.12. The van der Waals surface area contributed by atoms with Gasteiger partial charge in [0, 0.05) is 24.0 Å². The number of benzene rings is 2. The molecule has 0 unspecified atom stereocenters. The summed E-state index contributed by atoms with van der Waals surface area (Å²) in [5.41, 5.74) is 2.57. The molecule has 0 bridgehead atoms. The first kappa shape index (κ1) is 15.4. The number of rotatable bonds is 2. The first-order chi connectivity index (χ1) is 12.0. The van der Waals surface area contributed by atoms with Crippen LogP contribution in [0.4, 0.5) is 4.39 Å². The molecule has 1 N–H and O–H groups in total. The van der Waals surface area contributed by atoms with Crippen molar-refractivity contribution in [2.75, 3.05) is 0 Å². The molecule has 0 radical (unpaired) electrons. The molecule has 126 valence electrons. The summed E-state index contributed by atoms with van der Waals surface area (Å²) in [6.45, 7) is 2.39. The molecule has 2 heterocycles. The number of fused-ring (bicyclic) bond motifs is 2. The Kier molecular flexibility index (Phi) is 3.35. The van der Waals surface area contributed by atoms with Crippen molar-refractivity contribution < 1.29 is 23.5 Å². The predicted octanol–water partition coefficient (Wildman–Crippen LogP) is 3.73. The molecular weight excluding hydrogens is 325 g/mol. The summed E-state index contributed by atoms with van der Waals surface area (Å²) >= 11 is 0. The van der Waals surface area contributed by atoms with Crippen LogP contribution in [-0.4, -0.2) is 21.9 Å². The fraction of sp³-hybridized carbons (Fsp3) is 0.158. The van der Waals surface area contributed by atoms with Crippen LogP contribution in [0.2, 0.25) is 0 Å². The molecule has 1 amide bonds. The van der Waals surface area contributed by atoms with Crippen LogP contribution >= 0.6 is 0 Å². The average molecular weight is 339 g/mol. The standard InChI is InChI=1S/C19H14FNO4/c1-10-14-3-2-4-15(20)17(14)25-16(10)18(22)21-8-12-6-5-11(19(23)24)7-13(12)9-21/h2-7H,8-9H2,1H3,(H,23,24). The van der Waals surface area contributed by atoms with Crippen LogP contribution in [0.25, 0.3) is 11.0 Å². The van der Waals surface area contributed by atoms with Gasteiger partial charge in [0.2, 0.25) is 0 Å². The lowest BCUT2D eigenvalue weighted by Crippen LogP contribution is -2.25. The first-order valence-electron chi connectivity index (χ1n) is 7.77. The van der Waals surface area contributed by atoms with Gasteiger partial charge >= 0.3 is 5.97 Å². The molecule has 5 nitrogen and oxygen atoms in total. The number of hydrogen-bond acceptors (Lipinski definition) is 3. The molecule has 0 saturated heterocycles. The zero-order valence-electron chi connectivity index (χ0n) is 13.4. The summed E-state index contributed by atoms with van der Waals surface area (Å²) in [4.78, 5) is 25.5. The van der Waals surface area contributed by atoms with E-state index in [9.17, 15) is 14.0 Å². The van der Waals surface area contributed by atoms with E-state index in [4.69, 9.17) is 9.52 Å². The quantitative estimate of drug-likeness (QED) is 0.772. The fourth-order valence-corrected chi connectivity index (χ4v) is 3.23. The van der Waals surface area contributed by atoms with Crippen molar-refractivity contribution in [3.8, 4) is 0 Å². The van der Waals surface area contributed by atoms with Gasteiger partial charge in [-0.3, -0.25) is 4.79 Å². The highest BCUT2D eigenvalue weighted by Crippen LogP contribution is 2.31. The molecule has 6 heteroatoms. The molecule has 0 fully saturated rings. The third-order valence-corrected chi connectivity index (χ3v) is 4.57. The molecule has 0 saturated carbocycles. The van der Waals surface area contributed by atoms with Crippen molar-refractivity contribution >= 4 is 22.8 Å². The molecule has 0 spiro atoms. The molecule has 1 aromatic heterocycles. The summed E-state index contributed by atoms with van der Waals surface area (Å²) in [5, 5.41) is 9.66. The second kappa shape index (κ2) is 5.44. The summed E-state index contributed by atoms with van der Waals surface area (Å²) in [6, 6.07) is 9.41. The van der Waals surface area contributed by atoms with Crippen molar-refractivity contribution in [3.05, 3.63) is 70.2 Å². The Morgan fingerprint density at radius 1 is 1.16 bits per heavy atom. The van der Waals surface area contributed by atoms with E-state index in [-0.39, 0.29) is 22.8 Å².